The highest BCUT2D eigenvalue weighted by Gasteiger charge is 2.08. The Bertz CT molecular complexity index is 697. The van der Waals surface area contributed by atoms with Gasteiger partial charge in [0, 0.05) is 11.5 Å². The van der Waals surface area contributed by atoms with Gasteiger partial charge < -0.3 is 10.4 Å². The van der Waals surface area contributed by atoms with Crippen molar-refractivity contribution in [3.63, 3.8) is 0 Å². The maximum atomic E-state index is 12.9. The number of amides is 1. The second kappa shape index (κ2) is 6.76. The zero-order valence-corrected chi connectivity index (χ0v) is 11.6. The molecular weight excluding hydrogens is 295 g/mol. The molecule has 0 saturated carbocycles. The zero-order valence-electron chi connectivity index (χ0n) is 10.7. The zero-order chi connectivity index (χ0) is 15.2. The smallest absolute Gasteiger partial charge is 0.355 e. The minimum absolute atomic E-state index is 0.0421. The molecule has 1 aromatic carbocycles. The van der Waals surface area contributed by atoms with Gasteiger partial charge in [-0.25, -0.2) is 14.2 Å². The van der Waals surface area contributed by atoms with E-state index in [-0.39, 0.29) is 24.0 Å². The Labute approximate surface area is 123 Å². The first kappa shape index (κ1) is 14.9. The number of hydrogen-bond donors (Lipinski definition) is 2. The van der Waals surface area contributed by atoms with Crippen LogP contribution in [0.15, 0.2) is 35.7 Å². The van der Waals surface area contributed by atoms with Crippen molar-refractivity contribution in [2.75, 3.05) is 0 Å². The van der Waals surface area contributed by atoms with E-state index in [0.717, 1.165) is 11.3 Å². The molecule has 0 fully saturated rings. The SMILES string of the molecule is O=C(C=Cc1cccc(F)c1)NCc1nc(C(=O)O)cs1. The molecule has 0 radical (unpaired) electrons. The number of rotatable bonds is 5. The van der Waals surface area contributed by atoms with E-state index >= 15 is 0 Å². The normalized spacial score (nSPS) is 10.7. The molecule has 0 bridgehead atoms. The number of carboxylic acid groups (broad SMARTS) is 1. The van der Waals surface area contributed by atoms with Crippen LogP contribution in [-0.2, 0) is 11.3 Å². The van der Waals surface area contributed by atoms with Crippen LogP contribution in [0.4, 0.5) is 4.39 Å². The van der Waals surface area contributed by atoms with E-state index < -0.39 is 5.97 Å². The van der Waals surface area contributed by atoms with Crippen LogP contribution in [0.25, 0.3) is 6.08 Å². The third kappa shape index (κ3) is 4.50. The van der Waals surface area contributed by atoms with Gasteiger partial charge in [0.15, 0.2) is 5.69 Å². The van der Waals surface area contributed by atoms with Crippen LogP contribution in [0.2, 0.25) is 0 Å². The fourth-order valence-corrected chi connectivity index (χ4v) is 2.20. The first-order valence-electron chi connectivity index (χ1n) is 5.94. The maximum absolute atomic E-state index is 12.9. The molecule has 0 atom stereocenters. The number of carbonyl (C=O) groups excluding carboxylic acids is 1. The summed E-state index contributed by atoms with van der Waals surface area (Å²) in [5.41, 5.74) is 0.534. The van der Waals surface area contributed by atoms with Crippen molar-refractivity contribution in [3.8, 4) is 0 Å². The Kier molecular flexibility index (Phi) is 4.78. The minimum atomic E-state index is -1.10. The molecule has 7 heteroatoms. The lowest BCUT2D eigenvalue weighted by molar-refractivity contribution is -0.116. The number of carboxylic acids is 1. The van der Waals surface area contributed by atoms with E-state index in [1.54, 1.807) is 12.1 Å². The van der Waals surface area contributed by atoms with Crippen molar-refractivity contribution in [2.45, 2.75) is 6.54 Å². The number of benzene rings is 1. The Morgan fingerprint density at radius 3 is 2.90 bits per heavy atom. The molecule has 0 aliphatic heterocycles. The monoisotopic (exact) mass is 306 g/mol. The van der Waals surface area contributed by atoms with Crippen molar-refractivity contribution in [1.82, 2.24) is 10.3 Å². The van der Waals surface area contributed by atoms with Gasteiger partial charge in [0.2, 0.25) is 5.91 Å². The highest BCUT2D eigenvalue weighted by molar-refractivity contribution is 7.09. The summed E-state index contributed by atoms with van der Waals surface area (Å²) in [7, 11) is 0. The fraction of sp³-hybridized carbons (Fsp3) is 0.0714. The van der Waals surface area contributed by atoms with E-state index in [1.165, 1.54) is 29.7 Å². The van der Waals surface area contributed by atoms with Gasteiger partial charge in [0.1, 0.15) is 10.8 Å². The van der Waals surface area contributed by atoms with Crippen LogP contribution < -0.4 is 5.32 Å². The lowest BCUT2D eigenvalue weighted by Gasteiger charge is -1.98. The van der Waals surface area contributed by atoms with Gasteiger partial charge in [0.25, 0.3) is 0 Å². The Balaban J connectivity index is 1.88. The maximum Gasteiger partial charge on any atom is 0.355 e. The van der Waals surface area contributed by atoms with Crippen molar-refractivity contribution < 1.29 is 19.1 Å². The number of thiazole rings is 1. The molecule has 21 heavy (non-hydrogen) atoms. The molecule has 0 unspecified atom stereocenters. The summed E-state index contributed by atoms with van der Waals surface area (Å²) in [6, 6.07) is 5.85. The first-order chi connectivity index (χ1) is 10.0. The van der Waals surface area contributed by atoms with Crippen molar-refractivity contribution in [2.24, 2.45) is 0 Å². The van der Waals surface area contributed by atoms with Gasteiger partial charge >= 0.3 is 5.97 Å². The average molecular weight is 306 g/mol. The molecule has 108 valence electrons. The van der Waals surface area contributed by atoms with Crippen molar-refractivity contribution in [1.29, 1.82) is 0 Å². The number of carbonyl (C=O) groups is 2. The first-order valence-corrected chi connectivity index (χ1v) is 6.82. The highest BCUT2D eigenvalue weighted by atomic mass is 32.1. The molecule has 0 saturated heterocycles. The molecule has 1 aromatic heterocycles. The summed E-state index contributed by atoms with van der Waals surface area (Å²) in [4.78, 5) is 26.1. The quantitative estimate of drug-likeness (QED) is 0.831. The summed E-state index contributed by atoms with van der Waals surface area (Å²) in [5.74, 6) is -1.84. The second-order valence-electron chi connectivity index (χ2n) is 4.04. The number of hydrogen-bond acceptors (Lipinski definition) is 4. The lowest BCUT2D eigenvalue weighted by atomic mass is 10.2. The number of aromatic nitrogens is 1. The van der Waals surface area contributed by atoms with Crippen LogP contribution in [-0.4, -0.2) is 22.0 Å². The summed E-state index contributed by atoms with van der Waals surface area (Å²) >= 11 is 1.16. The summed E-state index contributed by atoms with van der Waals surface area (Å²) < 4.78 is 12.9. The predicted molar refractivity (Wildman–Crippen MR) is 76.4 cm³/mol. The molecule has 0 aliphatic carbocycles. The number of nitrogens with one attached hydrogen (secondary N) is 1. The van der Waals surface area contributed by atoms with E-state index in [9.17, 15) is 14.0 Å². The predicted octanol–water partition coefficient (Wildman–Crippen LogP) is 2.31. The molecule has 1 heterocycles. The minimum Gasteiger partial charge on any atom is -0.476 e. The third-order valence-corrected chi connectivity index (χ3v) is 3.31. The van der Waals surface area contributed by atoms with Crippen molar-refractivity contribution >= 4 is 29.3 Å². The molecule has 2 N–H and O–H groups in total. The highest BCUT2D eigenvalue weighted by Crippen LogP contribution is 2.09. The molecule has 2 aromatic rings. The molecule has 2 rings (SSSR count). The number of nitrogens with zero attached hydrogens (tertiary/aromatic N) is 1. The average Bonchev–Trinajstić information content (AvgIpc) is 2.92. The van der Waals surface area contributed by atoms with E-state index in [1.807, 2.05) is 0 Å². The van der Waals surface area contributed by atoms with Gasteiger partial charge in [-0.15, -0.1) is 11.3 Å². The van der Waals surface area contributed by atoms with E-state index in [4.69, 9.17) is 5.11 Å². The molecule has 0 aliphatic rings. The van der Waals surface area contributed by atoms with E-state index in [2.05, 4.69) is 10.3 Å². The number of halogens is 1. The summed E-state index contributed by atoms with van der Waals surface area (Å²) in [6.07, 6.45) is 2.77. The second-order valence-corrected chi connectivity index (χ2v) is 4.98. The van der Waals surface area contributed by atoms with Crippen LogP contribution >= 0.6 is 11.3 Å². The molecule has 0 spiro atoms. The van der Waals surface area contributed by atoms with Crippen LogP contribution in [0, 0.1) is 5.82 Å². The third-order valence-electron chi connectivity index (χ3n) is 2.46. The van der Waals surface area contributed by atoms with Crippen LogP contribution in [0.3, 0.4) is 0 Å². The standard InChI is InChI=1S/C14H11FN2O3S/c15-10-3-1-2-9(6-10)4-5-12(18)16-7-13-17-11(8-21-13)14(19)20/h1-6,8H,7H2,(H,16,18)(H,19,20). The Morgan fingerprint density at radius 2 is 2.24 bits per heavy atom. The van der Waals surface area contributed by atoms with Gasteiger partial charge in [-0.05, 0) is 23.8 Å². The van der Waals surface area contributed by atoms with Gasteiger partial charge in [-0.1, -0.05) is 12.1 Å². The molecule has 1 amide bonds. The molecule has 5 nitrogen and oxygen atoms in total. The Hall–Kier alpha value is -2.54. The summed E-state index contributed by atoms with van der Waals surface area (Å²) in [6.45, 7) is 0.143. The van der Waals surface area contributed by atoms with Crippen molar-refractivity contribution in [3.05, 3.63) is 57.8 Å². The number of aromatic carboxylic acids is 1. The van der Waals surface area contributed by atoms with Crippen LogP contribution in [0.1, 0.15) is 21.1 Å². The lowest BCUT2D eigenvalue weighted by Crippen LogP contribution is -2.20. The van der Waals surface area contributed by atoms with E-state index in [0.29, 0.717) is 10.6 Å². The largest absolute Gasteiger partial charge is 0.476 e. The Morgan fingerprint density at radius 1 is 1.43 bits per heavy atom. The topological polar surface area (TPSA) is 79.3 Å². The van der Waals surface area contributed by atoms with Gasteiger partial charge in [0.05, 0.1) is 6.54 Å². The molecular formula is C14H11FN2O3S. The fourth-order valence-electron chi connectivity index (χ4n) is 1.49. The van der Waals surface area contributed by atoms with Gasteiger partial charge in [-0.3, -0.25) is 4.79 Å². The summed E-state index contributed by atoms with van der Waals surface area (Å²) in [5, 5.41) is 13.2. The van der Waals surface area contributed by atoms with Gasteiger partial charge in [-0.2, -0.15) is 0 Å². The van der Waals surface area contributed by atoms with Crippen LogP contribution in [0.5, 0.6) is 0 Å².